The third-order valence-electron chi connectivity index (χ3n) is 3.04. The summed E-state index contributed by atoms with van der Waals surface area (Å²) in [7, 11) is 0. The molecule has 102 valence electrons. The molecule has 0 aliphatic rings. The van der Waals surface area contributed by atoms with Gasteiger partial charge in [0, 0.05) is 24.0 Å². The average Bonchev–Trinajstić information content (AvgIpc) is 2.29. The van der Waals surface area contributed by atoms with Crippen LogP contribution in [-0.2, 0) is 6.54 Å². The molecule has 0 radical (unpaired) electrons. The molecule has 3 heteroatoms. The molecule has 0 aliphatic carbocycles. The van der Waals surface area contributed by atoms with E-state index in [2.05, 4.69) is 57.9 Å². The molecule has 0 aromatic carbocycles. The van der Waals surface area contributed by atoms with Crippen molar-refractivity contribution in [2.75, 3.05) is 0 Å². The molecule has 0 spiro atoms. The van der Waals surface area contributed by atoms with Crippen LogP contribution in [0.4, 0.5) is 0 Å². The van der Waals surface area contributed by atoms with Crippen molar-refractivity contribution in [3.8, 4) is 0 Å². The molecule has 0 amide bonds. The average molecular weight is 266 g/mol. The molecule has 1 aromatic heterocycles. The van der Waals surface area contributed by atoms with Gasteiger partial charge in [0.2, 0.25) is 0 Å². The van der Waals surface area contributed by atoms with Crippen molar-refractivity contribution in [3.63, 3.8) is 0 Å². The zero-order valence-electron chi connectivity index (χ0n) is 12.4. The van der Waals surface area contributed by atoms with Crippen molar-refractivity contribution in [1.29, 1.82) is 0 Å². The lowest BCUT2D eigenvalue weighted by molar-refractivity contribution is 0.587. The first-order valence-corrected chi connectivity index (χ1v) is 7.63. The molecule has 1 N–H and O–H groups in total. The number of nitrogens with one attached hydrogen (secondary N) is 1. The molecule has 1 rings (SSSR count). The lowest BCUT2D eigenvalue weighted by Gasteiger charge is -2.16. The van der Waals surface area contributed by atoms with E-state index in [1.54, 1.807) is 0 Å². The highest BCUT2D eigenvalue weighted by Crippen LogP contribution is 2.28. The monoisotopic (exact) mass is 266 g/mol. The van der Waals surface area contributed by atoms with E-state index in [9.17, 15) is 0 Å². The van der Waals surface area contributed by atoms with Crippen LogP contribution >= 0.6 is 11.8 Å². The smallest absolute Gasteiger partial charge is 0.0991 e. The maximum absolute atomic E-state index is 4.60. The van der Waals surface area contributed by atoms with Crippen LogP contribution in [0, 0.1) is 12.8 Å². The molecule has 1 aromatic rings. The Morgan fingerprint density at radius 1 is 1.22 bits per heavy atom. The van der Waals surface area contributed by atoms with Gasteiger partial charge in [0.05, 0.1) is 5.03 Å². The number of hydrogen-bond donors (Lipinski definition) is 1. The molecule has 1 unspecified atom stereocenters. The predicted octanol–water partition coefficient (Wildman–Crippen LogP) is 4.02. The molecular weight excluding hydrogens is 240 g/mol. The summed E-state index contributed by atoms with van der Waals surface area (Å²) in [6.07, 6.45) is 2.00. The Kier molecular flexibility index (Phi) is 6.16. The van der Waals surface area contributed by atoms with Crippen LogP contribution in [0.25, 0.3) is 0 Å². The molecule has 0 fully saturated rings. The number of rotatable bonds is 6. The first kappa shape index (κ1) is 15.5. The van der Waals surface area contributed by atoms with Gasteiger partial charge in [-0.15, -0.1) is 11.8 Å². The van der Waals surface area contributed by atoms with Crippen molar-refractivity contribution in [2.45, 2.75) is 64.4 Å². The SMILES string of the molecule is Cc1cc(CNC(C)C)cnc1SC(C)C(C)C. The van der Waals surface area contributed by atoms with Gasteiger partial charge in [-0.1, -0.05) is 40.7 Å². The van der Waals surface area contributed by atoms with Crippen molar-refractivity contribution >= 4 is 11.8 Å². The second-order valence-corrected chi connectivity index (χ2v) is 6.93. The number of aromatic nitrogens is 1. The lowest BCUT2D eigenvalue weighted by atomic mass is 10.2. The molecule has 1 heterocycles. The minimum Gasteiger partial charge on any atom is -0.310 e. The van der Waals surface area contributed by atoms with E-state index in [1.165, 1.54) is 16.2 Å². The molecule has 18 heavy (non-hydrogen) atoms. The van der Waals surface area contributed by atoms with Crippen molar-refractivity contribution in [2.24, 2.45) is 5.92 Å². The van der Waals surface area contributed by atoms with Gasteiger partial charge in [-0.2, -0.15) is 0 Å². The van der Waals surface area contributed by atoms with Gasteiger partial charge >= 0.3 is 0 Å². The molecule has 0 aliphatic heterocycles. The van der Waals surface area contributed by atoms with Crippen LogP contribution in [-0.4, -0.2) is 16.3 Å². The second-order valence-electron chi connectivity index (χ2n) is 5.57. The summed E-state index contributed by atoms with van der Waals surface area (Å²) in [5.74, 6) is 0.679. The Morgan fingerprint density at radius 2 is 1.89 bits per heavy atom. The second kappa shape index (κ2) is 7.15. The Labute approximate surface area is 116 Å². The standard InChI is InChI=1S/C15H26N2S/c1-10(2)13(6)18-15-12(5)7-14(9-17-15)8-16-11(3)4/h7,9-11,13,16H,8H2,1-6H3. The topological polar surface area (TPSA) is 24.9 Å². The van der Waals surface area contributed by atoms with Gasteiger partial charge in [0.15, 0.2) is 0 Å². The number of pyridine rings is 1. The zero-order valence-corrected chi connectivity index (χ0v) is 13.3. The molecule has 0 saturated heterocycles. The van der Waals surface area contributed by atoms with Gasteiger partial charge in [0.25, 0.3) is 0 Å². The van der Waals surface area contributed by atoms with E-state index in [-0.39, 0.29) is 0 Å². The van der Waals surface area contributed by atoms with E-state index in [1.807, 2.05) is 18.0 Å². The number of thioether (sulfide) groups is 1. The van der Waals surface area contributed by atoms with Gasteiger partial charge in [-0.05, 0) is 24.0 Å². The number of nitrogens with zero attached hydrogens (tertiary/aromatic N) is 1. The minimum absolute atomic E-state index is 0.514. The van der Waals surface area contributed by atoms with E-state index >= 15 is 0 Å². The summed E-state index contributed by atoms with van der Waals surface area (Å²) in [5.41, 5.74) is 2.55. The first-order chi connectivity index (χ1) is 8.40. The molecule has 2 nitrogen and oxygen atoms in total. The third kappa shape index (κ3) is 4.99. The Bertz CT molecular complexity index is 375. The van der Waals surface area contributed by atoms with Gasteiger partial charge in [-0.25, -0.2) is 4.98 Å². The fourth-order valence-corrected chi connectivity index (χ4v) is 2.46. The largest absolute Gasteiger partial charge is 0.310 e. The van der Waals surface area contributed by atoms with Crippen LogP contribution in [0.1, 0.15) is 45.7 Å². The Morgan fingerprint density at radius 3 is 2.39 bits per heavy atom. The molecule has 0 bridgehead atoms. The summed E-state index contributed by atoms with van der Waals surface area (Å²) < 4.78 is 0. The third-order valence-corrected chi connectivity index (χ3v) is 4.60. The van der Waals surface area contributed by atoms with Crippen LogP contribution in [0.2, 0.25) is 0 Å². The zero-order chi connectivity index (χ0) is 13.7. The van der Waals surface area contributed by atoms with E-state index in [0.717, 1.165) is 6.54 Å². The summed E-state index contributed by atoms with van der Waals surface area (Å²) in [6, 6.07) is 2.76. The van der Waals surface area contributed by atoms with E-state index < -0.39 is 0 Å². The summed E-state index contributed by atoms with van der Waals surface area (Å²) in [5, 5.41) is 5.20. The fourth-order valence-electron chi connectivity index (χ4n) is 1.47. The first-order valence-electron chi connectivity index (χ1n) is 6.75. The normalized spacial score (nSPS) is 13.3. The van der Waals surface area contributed by atoms with Gasteiger partial charge < -0.3 is 5.32 Å². The van der Waals surface area contributed by atoms with E-state index in [0.29, 0.717) is 17.2 Å². The summed E-state index contributed by atoms with van der Waals surface area (Å²) >= 11 is 1.88. The Balaban J connectivity index is 2.67. The molecule has 1 atom stereocenters. The number of hydrogen-bond acceptors (Lipinski definition) is 3. The highest BCUT2D eigenvalue weighted by atomic mass is 32.2. The van der Waals surface area contributed by atoms with Crippen LogP contribution in [0.3, 0.4) is 0 Å². The highest BCUT2D eigenvalue weighted by molar-refractivity contribution is 7.99. The van der Waals surface area contributed by atoms with Crippen molar-refractivity contribution < 1.29 is 0 Å². The lowest BCUT2D eigenvalue weighted by Crippen LogP contribution is -2.22. The van der Waals surface area contributed by atoms with Crippen molar-refractivity contribution in [1.82, 2.24) is 10.3 Å². The van der Waals surface area contributed by atoms with E-state index in [4.69, 9.17) is 0 Å². The minimum atomic E-state index is 0.514. The van der Waals surface area contributed by atoms with Crippen LogP contribution in [0.15, 0.2) is 17.3 Å². The number of aryl methyl sites for hydroxylation is 1. The molecule has 0 saturated carbocycles. The summed E-state index contributed by atoms with van der Waals surface area (Å²) in [6.45, 7) is 14.2. The maximum atomic E-state index is 4.60. The summed E-state index contributed by atoms with van der Waals surface area (Å²) in [4.78, 5) is 4.60. The quantitative estimate of drug-likeness (QED) is 0.787. The maximum Gasteiger partial charge on any atom is 0.0991 e. The van der Waals surface area contributed by atoms with Gasteiger partial charge in [0.1, 0.15) is 0 Å². The molecular formula is C15H26N2S. The van der Waals surface area contributed by atoms with Crippen molar-refractivity contribution in [3.05, 3.63) is 23.4 Å². The van der Waals surface area contributed by atoms with Gasteiger partial charge in [-0.3, -0.25) is 0 Å². The fraction of sp³-hybridized carbons (Fsp3) is 0.667. The predicted molar refractivity (Wildman–Crippen MR) is 81.1 cm³/mol. The van der Waals surface area contributed by atoms with Crippen LogP contribution in [0.5, 0.6) is 0 Å². The highest BCUT2D eigenvalue weighted by Gasteiger charge is 2.11. The van der Waals surface area contributed by atoms with Crippen LogP contribution < -0.4 is 5.32 Å². The Hall–Kier alpha value is -0.540.